The van der Waals surface area contributed by atoms with Crippen molar-refractivity contribution >= 4 is 22.8 Å². The summed E-state index contributed by atoms with van der Waals surface area (Å²) in [5, 5.41) is 0. The van der Waals surface area contributed by atoms with Crippen LogP contribution in [-0.2, 0) is 6.54 Å². The quantitative estimate of drug-likeness (QED) is 0.665. The molecule has 0 saturated carbocycles. The van der Waals surface area contributed by atoms with E-state index in [-0.39, 0.29) is 11.3 Å². The summed E-state index contributed by atoms with van der Waals surface area (Å²) in [6.07, 6.45) is 3.04. The van der Waals surface area contributed by atoms with E-state index in [0.717, 1.165) is 12.1 Å². The van der Waals surface area contributed by atoms with Crippen LogP contribution in [0.5, 0.6) is 0 Å². The highest BCUT2D eigenvalue weighted by molar-refractivity contribution is 5.97. The molecule has 25 heavy (non-hydrogen) atoms. The SMILES string of the molecule is C[C@H](Cn1cnc2c(N(C)C)ncnc21)C(=O)c1ccc(F)c(F)c1. The molecule has 2 aromatic heterocycles. The Bertz CT molecular complexity index is 938. The predicted molar refractivity (Wildman–Crippen MR) is 89.5 cm³/mol. The van der Waals surface area contributed by atoms with E-state index < -0.39 is 17.6 Å². The number of carbonyl (C=O) groups is 1. The average molecular weight is 345 g/mol. The summed E-state index contributed by atoms with van der Waals surface area (Å²) < 4.78 is 28.1. The second-order valence-corrected chi connectivity index (χ2v) is 6.06. The highest BCUT2D eigenvalue weighted by atomic mass is 19.2. The van der Waals surface area contributed by atoms with Crippen LogP contribution >= 0.6 is 0 Å². The molecule has 3 rings (SSSR count). The van der Waals surface area contributed by atoms with E-state index in [4.69, 9.17) is 0 Å². The minimum Gasteiger partial charge on any atom is -0.361 e. The van der Waals surface area contributed by atoms with Crippen LogP contribution in [0, 0.1) is 17.6 Å². The molecule has 3 aromatic rings. The number of rotatable bonds is 5. The lowest BCUT2D eigenvalue weighted by Crippen LogP contribution is -2.18. The molecule has 8 heteroatoms. The molecule has 0 N–H and O–H groups in total. The molecule has 2 heterocycles. The summed E-state index contributed by atoms with van der Waals surface area (Å²) in [6.45, 7) is 2.04. The first-order valence-corrected chi connectivity index (χ1v) is 7.71. The van der Waals surface area contributed by atoms with Gasteiger partial charge in [0.2, 0.25) is 0 Å². The third-order valence-corrected chi connectivity index (χ3v) is 3.93. The van der Waals surface area contributed by atoms with Crippen molar-refractivity contribution in [3.8, 4) is 0 Å². The van der Waals surface area contributed by atoms with Crippen molar-refractivity contribution in [3.63, 3.8) is 0 Å². The van der Waals surface area contributed by atoms with E-state index >= 15 is 0 Å². The van der Waals surface area contributed by atoms with E-state index in [1.807, 2.05) is 19.0 Å². The van der Waals surface area contributed by atoms with Gasteiger partial charge in [-0.2, -0.15) is 0 Å². The van der Waals surface area contributed by atoms with E-state index in [2.05, 4.69) is 15.0 Å². The number of Topliss-reactive ketones (excluding diaryl/α,β-unsaturated/α-hetero) is 1. The van der Waals surface area contributed by atoms with E-state index in [0.29, 0.717) is 23.5 Å². The summed E-state index contributed by atoms with van der Waals surface area (Å²) in [4.78, 5) is 27.1. The maximum atomic E-state index is 13.3. The minimum atomic E-state index is -1.03. The summed E-state index contributed by atoms with van der Waals surface area (Å²) in [6, 6.07) is 3.17. The Morgan fingerprint density at radius 2 is 1.96 bits per heavy atom. The van der Waals surface area contributed by atoms with E-state index in [1.165, 1.54) is 12.4 Å². The number of fused-ring (bicyclic) bond motifs is 1. The Morgan fingerprint density at radius 3 is 2.64 bits per heavy atom. The van der Waals surface area contributed by atoms with Gasteiger partial charge in [-0.15, -0.1) is 0 Å². The number of halogens is 2. The first-order chi connectivity index (χ1) is 11.9. The van der Waals surface area contributed by atoms with Crippen LogP contribution in [-0.4, -0.2) is 39.4 Å². The van der Waals surface area contributed by atoms with Crippen LogP contribution < -0.4 is 4.90 Å². The largest absolute Gasteiger partial charge is 0.361 e. The second kappa shape index (κ2) is 6.54. The Labute approximate surface area is 143 Å². The standard InChI is InChI=1S/C17H17F2N5O/c1-10(15(25)11-4-5-12(18)13(19)6-11)7-24-9-22-14-16(23(2)3)20-8-21-17(14)24/h4-6,8-10H,7H2,1-3H3/t10-/m1/s1. The molecule has 0 aliphatic heterocycles. The van der Waals surface area contributed by atoms with E-state index in [1.54, 1.807) is 17.8 Å². The van der Waals surface area contributed by atoms with Gasteiger partial charge in [-0.05, 0) is 18.2 Å². The van der Waals surface area contributed by atoms with Crippen LogP contribution in [0.25, 0.3) is 11.2 Å². The molecule has 0 aliphatic carbocycles. The third kappa shape index (κ3) is 3.19. The van der Waals surface area contributed by atoms with Crippen LogP contribution in [0.2, 0.25) is 0 Å². The molecule has 0 fully saturated rings. The molecule has 130 valence electrons. The zero-order valence-electron chi connectivity index (χ0n) is 14.1. The molecule has 0 unspecified atom stereocenters. The molecule has 0 bridgehead atoms. The first-order valence-electron chi connectivity index (χ1n) is 7.71. The first kappa shape index (κ1) is 16.9. The number of aromatic nitrogens is 4. The highest BCUT2D eigenvalue weighted by Gasteiger charge is 2.19. The van der Waals surface area contributed by atoms with Crippen molar-refractivity contribution in [2.45, 2.75) is 13.5 Å². The molecule has 1 atom stereocenters. The van der Waals surface area contributed by atoms with Gasteiger partial charge in [0.1, 0.15) is 6.33 Å². The molecule has 6 nitrogen and oxygen atoms in total. The van der Waals surface area contributed by atoms with Gasteiger partial charge in [0.15, 0.2) is 34.4 Å². The van der Waals surface area contributed by atoms with Gasteiger partial charge in [0.05, 0.1) is 6.33 Å². The van der Waals surface area contributed by atoms with Crippen molar-refractivity contribution < 1.29 is 13.6 Å². The van der Waals surface area contributed by atoms with Crippen molar-refractivity contribution in [1.29, 1.82) is 0 Å². The fourth-order valence-corrected chi connectivity index (χ4v) is 2.64. The molecule has 0 aliphatic rings. The lowest BCUT2D eigenvalue weighted by atomic mass is 9.99. The Kier molecular flexibility index (Phi) is 4.43. The summed E-state index contributed by atoms with van der Waals surface area (Å²) in [5.41, 5.74) is 1.39. The molecule has 0 amide bonds. The molecule has 1 aromatic carbocycles. The van der Waals surface area contributed by atoms with Crippen molar-refractivity contribution in [3.05, 3.63) is 48.1 Å². The molecular formula is C17H17F2N5O. The predicted octanol–water partition coefficient (Wildman–Crippen LogP) is 2.69. The number of benzene rings is 1. The van der Waals surface area contributed by atoms with Crippen LogP contribution in [0.4, 0.5) is 14.6 Å². The van der Waals surface area contributed by atoms with Gasteiger partial charge in [0, 0.05) is 32.1 Å². The minimum absolute atomic E-state index is 0.138. The molecule has 0 saturated heterocycles. The Hall–Kier alpha value is -2.90. The fourth-order valence-electron chi connectivity index (χ4n) is 2.64. The zero-order chi connectivity index (χ0) is 18.1. The summed E-state index contributed by atoms with van der Waals surface area (Å²) in [7, 11) is 3.71. The van der Waals surface area contributed by atoms with Gasteiger partial charge in [-0.1, -0.05) is 6.92 Å². The van der Waals surface area contributed by atoms with Crippen molar-refractivity contribution in [1.82, 2.24) is 19.5 Å². The number of imidazole rings is 1. The van der Waals surface area contributed by atoms with Crippen LogP contribution in [0.3, 0.4) is 0 Å². The molecule has 0 radical (unpaired) electrons. The van der Waals surface area contributed by atoms with Gasteiger partial charge >= 0.3 is 0 Å². The monoisotopic (exact) mass is 345 g/mol. The van der Waals surface area contributed by atoms with Gasteiger partial charge < -0.3 is 9.47 Å². The molecule has 0 spiro atoms. The van der Waals surface area contributed by atoms with Crippen molar-refractivity contribution in [2.24, 2.45) is 5.92 Å². The third-order valence-electron chi connectivity index (χ3n) is 3.93. The Balaban J connectivity index is 1.86. The number of carbonyl (C=O) groups excluding carboxylic acids is 1. The Morgan fingerprint density at radius 1 is 1.20 bits per heavy atom. The number of hydrogen-bond acceptors (Lipinski definition) is 5. The summed E-state index contributed by atoms with van der Waals surface area (Å²) >= 11 is 0. The average Bonchev–Trinajstić information content (AvgIpc) is 2.99. The lowest BCUT2D eigenvalue weighted by molar-refractivity contribution is 0.0918. The fraction of sp³-hybridized carbons (Fsp3) is 0.294. The second-order valence-electron chi connectivity index (χ2n) is 6.06. The maximum absolute atomic E-state index is 13.3. The van der Waals surface area contributed by atoms with Crippen LogP contribution in [0.15, 0.2) is 30.9 Å². The summed E-state index contributed by atoms with van der Waals surface area (Å²) in [5.74, 6) is -2.06. The smallest absolute Gasteiger partial charge is 0.167 e. The van der Waals surface area contributed by atoms with Crippen molar-refractivity contribution in [2.75, 3.05) is 19.0 Å². The maximum Gasteiger partial charge on any atom is 0.167 e. The van der Waals surface area contributed by atoms with Gasteiger partial charge in [-0.3, -0.25) is 4.79 Å². The number of ketones is 1. The number of hydrogen-bond donors (Lipinski definition) is 0. The van der Waals surface area contributed by atoms with Crippen LogP contribution in [0.1, 0.15) is 17.3 Å². The van der Waals surface area contributed by atoms with Gasteiger partial charge in [0.25, 0.3) is 0 Å². The number of nitrogens with zero attached hydrogens (tertiary/aromatic N) is 5. The van der Waals surface area contributed by atoms with Gasteiger partial charge in [-0.25, -0.2) is 23.7 Å². The molecular weight excluding hydrogens is 328 g/mol. The zero-order valence-corrected chi connectivity index (χ0v) is 14.1. The van der Waals surface area contributed by atoms with E-state index in [9.17, 15) is 13.6 Å². The topological polar surface area (TPSA) is 63.9 Å². The lowest BCUT2D eigenvalue weighted by Gasteiger charge is -2.13. The highest BCUT2D eigenvalue weighted by Crippen LogP contribution is 2.21. The number of anilines is 1. The normalized spacial score (nSPS) is 12.4.